The quantitative estimate of drug-likeness (QED) is 0.759. The average molecular weight is 261 g/mol. The highest BCUT2D eigenvalue weighted by atomic mass is 16.2. The minimum absolute atomic E-state index is 0.0672. The Labute approximate surface area is 112 Å². The normalized spacial score (nSPS) is 18.8. The van der Waals surface area contributed by atoms with Crippen LogP contribution in [0.3, 0.4) is 0 Å². The first kappa shape index (κ1) is 13.5. The van der Waals surface area contributed by atoms with Crippen LogP contribution in [-0.4, -0.2) is 24.9 Å². The van der Waals surface area contributed by atoms with Crippen molar-refractivity contribution in [3.8, 4) is 0 Å². The molecular weight excluding hydrogens is 242 g/mol. The molecule has 1 heterocycles. The number of amides is 2. The Balaban J connectivity index is 1.96. The third-order valence-corrected chi connectivity index (χ3v) is 3.34. The summed E-state index contributed by atoms with van der Waals surface area (Å²) in [5.41, 5.74) is 6.11. The van der Waals surface area contributed by atoms with Crippen molar-refractivity contribution in [2.24, 2.45) is 11.7 Å². The second-order valence-corrected chi connectivity index (χ2v) is 4.87. The molecule has 5 heteroatoms. The van der Waals surface area contributed by atoms with Crippen LogP contribution in [0, 0.1) is 5.92 Å². The van der Waals surface area contributed by atoms with Crippen LogP contribution in [-0.2, 0) is 4.79 Å². The number of nitrogens with two attached hydrogens (primary N) is 1. The fourth-order valence-corrected chi connectivity index (χ4v) is 2.37. The van der Waals surface area contributed by atoms with E-state index in [1.54, 1.807) is 24.3 Å². The molecule has 1 fully saturated rings. The molecule has 1 aromatic carbocycles. The molecule has 1 unspecified atom stereocenters. The second-order valence-electron chi connectivity index (χ2n) is 4.87. The van der Waals surface area contributed by atoms with Crippen LogP contribution in [0.15, 0.2) is 24.3 Å². The molecule has 0 aromatic heterocycles. The molecule has 0 saturated carbocycles. The van der Waals surface area contributed by atoms with Crippen molar-refractivity contribution in [1.82, 2.24) is 5.32 Å². The lowest BCUT2D eigenvalue weighted by Crippen LogP contribution is -2.32. The van der Waals surface area contributed by atoms with Crippen molar-refractivity contribution in [3.05, 3.63) is 29.8 Å². The predicted octanol–water partition coefficient (Wildman–Crippen LogP) is 1.11. The van der Waals surface area contributed by atoms with E-state index >= 15 is 0 Å². The molecule has 102 valence electrons. The van der Waals surface area contributed by atoms with E-state index in [9.17, 15) is 9.59 Å². The SMILES string of the molecule is NC(=O)c1ccccc1NC(=O)CC1CCCNC1. The summed E-state index contributed by atoms with van der Waals surface area (Å²) in [6.07, 6.45) is 2.65. The Hall–Kier alpha value is -1.88. The Kier molecular flexibility index (Phi) is 4.52. The van der Waals surface area contributed by atoms with Crippen LogP contribution in [0.4, 0.5) is 5.69 Å². The Morgan fingerprint density at radius 2 is 2.16 bits per heavy atom. The second kappa shape index (κ2) is 6.33. The summed E-state index contributed by atoms with van der Waals surface area (Å²) < 4.78 is 0. The number of hydrogen-bond donors (Lipinski definition) is 3. The lowest BCUT2D eigenvalue weighted by molar-refractivity contribution is -0.117. The maximum atomic E-state index is 12.0. The lowest BCUT2D eigenvalue weighted by Gasteiger charge is -2.22. The van der Waals surface area contributed by atoms with Crippen molar-refractivity contribution in [3.63, 3.8) is 0 Å². The first-order valence-electron chi connectivity index (χ1n) is 6.56. The van der Waals surface area contributed by atoms with Crippen LogP contribution in [0.1, 0.15) is 29.6 Å². The number of anilines is 1. The smallest absolute Gasteiger partial charge is 0.250 e. The van der Waals surface area contributed by atoms with Gasteiger partial charge >= 0.3 is 0 Å². The van der Waals surface area contributed by atoms with Gasteiger partial charge in [0.25, 0.3) is 5.91 Å². The molecule has 0 bridgehead atoms. The van der Waals surface area contributed by atoms with Crippen molar-refractivity contribution >= 4 is 17.5 Å². The number of benzene rings is 1. The summed E-state index contributed by atoms with van der Waals surface area (Å²) in [7, 11) is 0. The highest BCUT2D eigenvalue weighted by Gasteiger charge is 2.17. The zero-order valence-corrected chi connectivity index (χ0v) is 10.8. The van der Waals surface area contributed by atoms with Crippen molar-refractivity contribution in [1.29, 1.82) is 0 Å². The standard InChI is InChI=1S/C14H19N3O2/c15-14(19)11-5-1-2-6-12(11)17-13(18)8-10-4-3-7-16-9-10/h1-2,5-6,10,16H,3-4,7-9H2,(H2,15,19)(H,17,18). The summed E-state index contributed by atoms with van der Waals surface area (Å²) in [5, 5.41) is 6.05. The number of carbonyl (C=O) groups is 2. The van der Waals surface area contributed by atoms with E-state index in [-0.39, 0.29) is 5.91 Å². The molecule has 5 nitrogen and oxygen atoms in total. The van der Waals surface area contributed by atoms with E-state index in [0.29, 0.717) is 23.6 Å². The third-order valence-electron chi connectivity index (χ3n) is 3.34. The molecule has 1 saturated heterocycles. The summed E-state index contributed by atoms with van der Waals surface area (Å²) in [6, 6.07) is 6.79. The Morgan fingerprint density at radius 3 is 2.84 bits per heavy atom. The van der Waals surface area contributed by atoms with Gasteiger partial charge in [0.1, 0.15) is 0 Å². The number of primary amides is 1. The minimum atomic E-state index is -0.532. The van der Waals surface area contributed by atoms with E-state index in [1.165, 1.54) is 0 Å². The number of hydrogen-bond acceptors (Lipinski definition) is 3. The molecule has 1 aliphatic rings. The van der Waals surface area contributed by atoms with E-state index in [1.807, 2.05) is 0 Å². The van der Waals surface area contributed by atoms with Gasteiger partial charge in [-0.05, 0) is 44.0 Å². The van der Waals surface area contributed by atoms with E-state index < -0.39 is 5.91 Å². The van der Waals surface area contributed by atoms with E-state index in [4.69, 9.17) is 5.73 Å². The first-order valence-corrected chi connectivity index (χ1v) is 6.56. The minimum Gasteiger partial charge on any atom is -0.366 e. The van der Waals surface area contributed by atoms with Gasteiger partial charge in [-0.15, -0.1) is 0 Å². The van der Waals surface area contributed by atoms with Crippen LogP contribution in [0.25, 0.3) is 0 Å². The zero-order valence-electron chi connectivity index (χ0n) is 10.8. The molecule has 1 atom stereocenters. The molecule has 0 spiro atoms. The van der Waals surface area contributed by atoms with Gasteiger partial charge in [-0.1, -0.05) is 12.1 Å². The van der Waals surface area contributed by atoms with Gasteiger partial charge in [0, 0.05) is 6.42 Å². The fraction of sp³-hybridized carbons (Fsp3) is 0.429. The van der Waals surface area contributed by atoms with E-state index in [0.717, 1.165) is 25.9 Å². The van der Waals surface area contributed by atoms with Crippen molar-refractivity contribution < 1.29 is 9.59 Å². The molecule has 19 heavy (non-hydrogen) atoms. The number of carbonyl (C=O) groups excluding carboxylic acids is 2. The number of para-hydroxylation sites is 1. The van der Waals surface area contributed by atoms with Crippen LogP contribution in [0.2, 0.25) is 0 Å². The van der Waals surface area contributed by atoms with Gasteiger partial charge < -0.3 is 16.4 Å². The summed E-state index contributed by atoms with van der Waals surface area (Å²) >= 11 is 0. The first-order chi connectivity index (χ1) is 9.16. The topological polar surface area (TPSA) is 84.2 Å². The van der Waals surface area contributed by atoms with E-state index in [2.05, 4.69) is 10.6 Å². The fourth-order valence-electron chi connectivity index (χ4n) is 2.37. The van der Waals surface area contributed by atoms with Crippen molar-refractivity contribution in [2.45, 2.75) is 19.3 Å². The third kappa shape index (κ3) is 3.79. The van der Waals surface area contributed by atoms with Gasteiger partial charge in [-0.25, -0.2) is 0 Å². The predicted molar refractivity (Wildman–Crippen MR) is 73.8 cm³/mol. The number of nitrogens with one attached hydrogen (secondary N) is 2. The van der Waals surface area contributed by atoms with Gasteiger partial charge in [0.05, 0.1) is 11.3 Å². The van der Waals surface area contributed by atoms with Gasteiger partial charge in [0.15, 0.2) is 0 Å². The van der Waals surface area contributed by atoms with Gasteiger partial charge in [0.2, 0.25) is 5.91 Å². The monoisotopic (exact) mass is 261 g/mol. The summed E-state index contributed by atoms with van der Waals surface area (Å²) in [6.45, 7) is 1.91. The molecule has 4 N–H and O–H groups in total. The van der Waals surface area contributed by atoms with Crippen LogP contribution >= 0.6 is 0 Å². The number of piperidine rings is 1. The maximum Gasteiger partial charge on any atom is 0.250 e. The molecule has 1 aliphatic heterocycles. The number of rotatable bonds is 4. The lowest BCUT2D eigenvalue weighted by atomic mass is 9.96. The Bertz CT molecular complexity index is 468. The molecule has 2 rings (SSSR count). The van der Waals surface area contributed by atoms with Crippen molar-refractivity contribution in [2.75, 3.05) is 18.4 Å². The molecule has 0 radical (unpaired) electrons. The Morgan fingerprint density at radius 1 is 1.37 bits per heavy atom. The zero-order chi connectivity index (χ0) is 13.7. The highest BCUT2D eigenvalue weighted by molar-refractivity contribution is 6.02. The molecule has 0 aliphatic carbocycles. The maximum absolute atomic E-state index is 12.0. The van der Waals surface area contributed by atoms with Gasteiger partial charge in [-0.3, -0.25) is 9.59 Å². The molecule has 2 amide bonds. The summed E-state index contributed by atoms with van der Waals surface area (Å²) in [4.78, 5) is 23.2. The average Bonchev–Trinajstić information content (AvgIpc) is 2.40. The highest BCUT2D eigenvalue weighted by Crippen LogP contribution is 2.18. The summed E-state index contributed by atoms with van der Waals surface area (Å²) in [5.74, 6) is -0.230. The van der Waals surface area contributed by atoms with Crippen LogP contribution in [0.5, 0.6) is 0 Å². The largest absolute Gasteiger partial charge is 0.366 e. The molecule has 1 aromatic rings. The molecular formula is C14H19N3O2. The van der Waals surface area contributed by atoms with Crippen LogP contribution < -0.4 is 16.4 Å². The van der Waals surface area contributed by atoms with Gasteiger partial charge in [-0.2, -0.15) is 0 Å².